The zero-order valence-corrected chi connectivity index (χ0v) is 18.4. The molecule has 0 aromatic heterocycles. The Kier molecular flexibility index (Phi) is 6.23. The van der Waals surface area contributed by atoms with Crippen LogP contribution in [-0.4, -0.2) is 25.5 Å². The van der Waals surface area contributed by atoms with Gasteiger partial charge in [0.15, 0.2) is 11.5 Å². The summed E-state index contributed by atoms with van der Waals surface area (Å²) < 4.78 is 10.9. The molecule has 1 aliphatic heterocycles. The first kappa shape index (κ1) is 21.8. The van der Waals surface area contributed by atoms with Gasteiger partial charge in [0, 0.05) is 12.2 Å². The number of ether oxygens (including phenoxy) is 2. The molecule has 4 rings (SSSR count). The third-order valence-corrected chi connectivity index (χ3v) is 5.44. The van der Waals surface area contributed by atoms with Gasteiger partial charge in [0.1, 0.15) is 11.6 Å². The summed E-state index contributed by atoms with van der Waals surface area (Å²) >= 11 is 0. The summed E-state index contributed by atoms with van der Waals surface area (Å²) in [5.41, 5.74) is 3.90. The van der Waals surface area contributed by atoms with Gasteiger partial charge in [-0.05, 0) is 60.9 Å². The molecule has 0 aliphatic carbocycles. The lowest BCUT2D eigenvalue weighted by Gasteiger charge is -2.16. The predicted octanol–water partition coefficient (Wildman–Crippen LogP) is 4.72. The minimum absolute atomic E-state index is 0.0123. The van der Waals surface area contributed by atoms with E-state index in [4.69, 9.17) is 9.47 Å². The molecule has 6 nitrogen and oxygen atoms in total. The maximum Gasteiger partial charge on any atom is 0.343 e. The lowest BCUT2D eigenvalue weighted by molar-refractivity contribution is -0.114. The Morgan fingerprint density at radius 3 is 2.61 bits per heavy atom. The van der Waals surface area contributed by atoms with Crippen LogP contribution in [0.2, 0.25) is 0 Å². The normalized spacial score (nSPS) is 12.6. The van der Waals surface area contributed by atoms with Crippen LogP contribution in [0.5, 0.6) is 11.5 Å². The van der Waals surface area contributed by atoms with Crippen LogP contribution in [0.15, 0.2) is 72.3 Å². The molecule has 0 spiro atoms. The van der Waals surface area contributed by atoms with Crippen LogP contribution >= 0.6 is 0 Å². The summed E-state index contributed by atoms with van der Waals surface area (Å²) in [6.45, 7) is 2.43. The molecule has 1 amide bonds. The second kappa shape index (κ2) is 9.41. The second-order valence-corrected chi connectivity index (χ2v) is 7.67. The molecule has 164 valence electrons. The Morgan fingerprint density at radius 1 is 1.03 bits per heavy atom. The fraction of sp³-hybridized carbons (Fsp3) is 0.148. The van der Waals surface area contributed by atoms with E-state index in [1.807, 2.05) is 43.3 Å². The Balaban J connectivity index is 1.57. The molecular weight excluding hydrogens is 416 g/mol. The minimum atomic E-state index is -0.499. The average Bonchev–Trinajstić information content (AvgIpc) is 3.27. The van der Waals surface area contributed by atoms with Gasteiger partial charge in [-0.15, -0.1) is 0 Å². The number of nitriles is 1. The predicted molar refractivity (Wildman–Crippen MR) is 125 cm³/mol. The van der Waals surface area contributed by atoms with E-state index in [9.17, 15) is 14.9 Å². The fourth-order valence-electron chi connectivity index (χ4n) is 3.79. The van der Waals surface area contributed by atoms with Gasteiger partial charge in [-0.1, -0.05) is 42.0 Å². The Morgan fingerprint density at radius 2 is 1.85 bits per heavy atom. The number of hydrogen-bond donors (Lipinski definition) is 0. The number of esters is 1. The van der Waals surface area contributed by atoms with E-state index in [0.29, 0.717) is 23.4 Å². The number of rotatable bonds is 5. The van der Waals surface area contributed by atoms with Crippen molar-refractivity contribution in [3.05, 3.63) is 94.6 Å². The molecule has 0 fully saturated rings. The SMILES string of the molecule is COc1cc(/C=C(\C#N)C(=O)N2CCc3ccccc32)ccc1OC(=O)c1cccc(C)c1. The maximum absolute atomic E-state index is 13.0. The molecule has 0 bridgehead atoms. The summed E-state index contributed by atoms with van der Waals surface area (Å²) in [5, 5.41) is 9.65. The van der Waals surface area contributed by atoms with Crippen LogP contribution in [0.1, 0.15) is 27.0 Å². The number of aryl methyl sites for hydroxylation is 1. The van der Waals surface area contributed by atoms with Crippen molar-refractivity contribution >= 4 is 23.6 Å². The first-order valence-electron chi connectivity index (χ1n) is 10.5. The van der Waals surface area contributed by atoms with Crippen molar-refractivity contribution in [1.29, 1.82) is 5.26 Å². The summed E-state index contributed by atoms with van der Waals surface area (Å²) in [4.78, 5) is 27.2. The molecule has 1 heterocycles. The van der Waals surface area contributed by atoms with Crippen molar-refractivity contribution in [2.45, 2.75) is 13.3 Å². The number of nitrogens with zero attached hydrogens (tertiary/aromatic N) is 2. The van der Waals surface area contributed by atoms with Crippen molar-refractivity contribution in [1.82, 2.24) is 0 Å². The zero-order chi connectivity index (χ0) is 23.4. The van der Waals surface area contributed by atoms with E-state index in [-0.39, 0.29) is 17.2 Å². The number of para-hydroxylation sites is 1. The maximum atomic E-state index is 13.0. The molecule has 0 unspecified atom stereocenters. The van der Waals surface area contributed by atoms with Crippen molar-refractivity contribution in [3.63, 3.8) is 0 Å². The van der Waals surface area contributed by atoms with Gasteiger partial charge in [-0.25, -0.2) is 4.79 Å². The fourth-order valence-corrected chi connectivity index (χ4v) is 3.79. The van der Waals surface area contributed by atoms with E-state index in [1.165, 1.54) is 13.2 Å². The Labute approximate surface area is 192 Å². The highest BCUT2D eigenvalue weighted by Gasteiger charge is 2.26. The van der Waals surface area contributed by atoms with E-state index < -0.39 is 5.97 Å². The van der Waals surface area contributed by atoms with E-state index in [2.05, 4.69) is 0 Å². The van der Waals surface area contributed by atoms with Gasteiger partial charge in [-0.2, -0.15) is 5.26 Å². The summed E-state index contributed by atoms with van der Waals surface area (Å²) in [6.07, 6.45) is 2.27. The zero-order valence-electron chi connectivity index (χ0n) is 18.4. The third kappa shape index (κ3) is 4.63. The number of anilines is 1. The van der Waals surface area contributed by atoms with Crippen LogP contribution in [-0.2, 0) is 11.2 Å². The summed E-state index contributed by atoms with van der Waals surface area (Å²) in [7, 11) is 1.46. The van der Waals surface area contributed by atoms with Crippen molar-refractivity contribution in [3.8, 4) is 17.6 Å². The number of benzene rings is 3. The van der Waals surface area contributed by atoms with Crippen molar-refractivity contribution in [2.24, 2.45) is 0 Å². The van der Waals surface area contributed by atoms with Gasteiger partial charge >= 0.3 is 5.97 Å². The monoisotopic (exact) mass is 438 g/mol. The number of fused-ring (bicyclic) bond motifs is 1. The largest absolute Gasteiger partial charge is 0.493 e. The molecular formula is C27H22N2O4. The number of hydrogen-bond acceptors (Lipinski definition) is 5. The molecule has 0 atom stereocenters. The molecule has 3 aromatic rings. The van der Waals surface area contributed by atoms with Crippen LogP contribution in [0.4, 0.5) is 5.69 Å². The van der Waals surface area contributed by atoms with Crippen LogP contribution < -0.4 is 14.4 Å². The first-order chi connectivity index (χ1) is 16.0. The molecule has 0 saturated carbocycles. The first-order valence-corrected chi connectivity index (χ1v) is 10.5. The van der Waals surface area contributed by atoms with Gasteiger partial charge in [0.2, 0.25) is 0 Å². The highest BCUT2D eigenvalue weighted by atomic mass is 16.6. The van der Waals surface area contributed by atoms with Crippen molar-refractivity contribution < 1.29 is 19.1 Å². The number of methoxy groups -OCH3 is 1. The highest BCUT2D eigenvalue weighted by Crippen LogP contribution is 2.31. The quantitative estimate of drug-likeness (QED) is 0.249. The number of amides is 1. The summed E-state index contributed by atoms with van der Waals surface area (Å²) in [5.74, 6) is -0.280. The standard InChI is InChI=1S/C27H22N2O4/c1-18-6-5-8-21(14-18)27(31)33-24-11-10-19(16-25(24)32-2)15-22(17-28)26(30)29-13-12-20-7-3-4-9-23(20)29/h3-11,14-16H,12-13H2,1-2H3/b22-15+. The lowest BCUT2D eigenvalue weighted by Crippen LogP contribution is -2.29. The van der Waals surface area contributed by atoms with Gasteiger partial charge in [0.05, 0.1) is 12.7 Å². The van der Waals surface area contributed by atoms with Crippen LogP contribution in [0.3, 0.4) is 0 Å². The molecule has 0 N–H and O–H groups in total. The number of carbonyl (C=O) groups excluding carboxylic acids is 2. The molecule has 3 aromatic carbocycles. The second-order valence-electron chi connectivity index (χ2n) is 7.67. The third-order valence-electron chi connectivity index (χ3n) is 5.44. The van der Waals surface area contributed by atoms with E-state index in [1.54, 1.807) is 41.3 Å². The Bertz CT molecular complexity index is 1300. The summed E-state index contributed by atoms with van der Waals surface area (Å²) in [6, 6.07) is 21.7. The minimum Gasteiger partial charge on any atom is -0.493 e. The van der Waals surface area contributed by atoms with Gasteiger partial charge < -0.3 is 14.4 Å². The number of carbonyl (C=O) groups is 2. The van der Waals surface area contributed by atoms with Gasteiger partial charge in [-0.3, -0.25) is 4.79 Å². The molecule has 0 saturated heterocycles. The van der Waals surface area contributed by atoms with E-state index >= 15 is 0 Å². The van der Waals surface area contributed by atoms with Crippen molar-refractivity contribution in [2.75, 3.05) is 18.6 Å². The lowest BCUT2D eigenvalue weighted by atomic mass is 10.1. The smallest absolute Gasteiger partial charge is 0.343 e. The van der Waals surface area contributed by atoms with Crippen LogP contribution in [0.25, 0.3) is 6.08 Å². The average molecular weight is 438 g/mol. The molecule has 6 heteroatoms. The molecule has 1 aliphatic rings. The Hall–Kier alpha value is -4.37. The highest BCUT2D eigenvalue weighted by molar-refractivity contribution is 6.12. The van der Waals surface area contributed by atoms with Crippen LogP contribution in [0, 0.1) is 18.3 Å². The van der Waals surface area contributed by atoms with Gasteiger partial charge in [0.25, 0.3) is 5.91 Å². The topological polar surface area (TPSA) is 79.6 Å². The van der Waals surface area contributed by atoms with E-state index in [0.717, 1.165) is 23.2 Å². The molecule has 33 heavy (non-hydrogen) atoms. The molecule has 0 radical (unpaired) electrons.